The van der Waals surface area contributed by atoms with Crippen molar-refractivity contribution in [2.24, 2.45) is 0 Å². The predicted molar refractivity (Wildman–Crippen MR) is 55.8 cm³/mol. The zero-order valence-electron chi connectivity index (χ0n) is 8.10. The highest BCUT2D eigenvalue weighted by atomic mass is 79.9. The van der Waals surface area contributed by atoms with Crippen LogP contribution in [0.25, 0.3) is 0 Å². The van der Waals surface area contributed by atoms with Gasteiger partial charge in [0.25, 0.3) is 0 Å². The van der Waals surface area contributed by atoms with Gasteiger partial charge in [-0.15, -0.1) is 0 Å². The van der Waals surface area contributed by atoms with E-state index >= 15 is 0 Å². The number of rotatable bonds is 1. The second-order valence-electron chi connectivity index (χ2n) is 3.39. The van der Waals surface area contributed by atoms with Gasteiger partial charge in [-0.3, -0.25) is 4.79 Å². The molecule has 3 nitrogen and oxygen atoms in total. The number of ether oxygens (including phenoxy) is 1. The van der Waals surface area contributed by atoms with Crippen molar-refractivity contribution in [2.45, 2.75) is 6.10 Å². The Morgan fingerprint density at radius 3 is 2.69 bits per heavy atom. The van der Waals surface area contributed by atoms with Gasteiger partial charge in [-0.05, 0) is 17.7 Å². The summed E-state index contributed by atoms with van der Waals surface area (Å²) in [6.45, 7) is 0.179. The summed E-state index contributed by atoms with van der Waals surface area (Å²) >= 11 is 3.13. The molecule has 6 heteroatoms. The molecule has 0 aromatic heterocycles. The van der Waals surface area contributed by atoms with Gasteiger partial charge in [0.05, 0.1) is 0 Å². The molecule has 1 saturated heterocycles. The van der Waals surface area contributed by atoms with Gasteiger partial charge in [-0.1, -0.05) is 15.9 Å². The Hall–Kier alpha value is -1.01. The normalized spacial score (nSPS) is 20.7. The zero-order valence-corrected chi connectivity index (χ0v) is 9.68. The van der Waals surface area contributed by atoms with Gasteiger partial charge in [0.15, 0.2) is 11.6 Å². The number of amides is 1. The smallest absolute Gasteiger partial charge is 0.246 e. The van der Waals surface area contributed by atoms with Gasteiger partial charge < -0.3 is 10.1 Å². The molecule has 1 fully saturated rings. The Morgan fingerprint density at radius 2 is 2.06 bits per heavy atom. The summed E-state index contributed by atoms with van der Waals surface area (Å²) in [6, 6.07) is 2.12. The number of halogens is 3. The number of hydrogen-bond donors (Lipinski definition) is 1. The molecule has 86 valence electrons. The average Bonchev–Trinajstić information content (AvgIpc) is 2.25. The van der Waals surface area contributed by atoms with Crippen molar-refractivity contribution in [1.29, 1.82) is 0 Å². The van der Waals surface area contributed by atoms with Gasteiger partial charge in [0, 0.05) is 11.0 Å². The molecular formula is C10H8BrF2NO2. The number of benzene rings is 1. The Balaban J connectivity index is 2.26. The summed E-state index contributed by atoms with van der Waals surface area (Å²) in [7, 11) is 0. The number of morpholine rings is 1. The van der Waals surface area contributed by atoms with Crippen LogP contribution in [0.4, 0.5) is 8.78 Å². The van der Waals surface area contributed by atoms with Gasteiger partial charge in [0.2, 0.25) is 5.91 Å². The second kappa shape index (κ2) is 4.47. The fraction of sp³-hybridized carbons (Fsp3) is 0.300. The van der Waals surface area contributed by atoms with Gasteiger partial charge in [-0.25, -0.2) is 8.78 Å². The van der Waals surface area contributed by atoms with Crippen molar-refractivity contribution >= 4 is 21.8 Å². The van der Waals surface area contributed by atoms with Crippen molar-refractivity contribution in [3.63, 3.8) is 0 Å². The van der Waals surface area contributed by atoms with E-state index in [1.165, 1.54) is 0 Å². The number of carbonyl (C=O) groups is 1. The van der Waals surface area contributed by atoms with Gasteiger partial charge in [0.1, 0.15) is 12.7 Å². The number of carbonyl (C=O) groups excluding carboxylic acids is 1. The summed E-state index contributed by atoms with van der Waals surface area (Å²) in [5, 5.41) is 2.59. The zero-order chi connectivity index (χ0) is 11.7. The molecule has 16 heavy (non-hydrogen) atoms. The monoisotopic (exact) mass is 291 g/mol. The van der Waals surface area contributed by atoms with Crippen molar-refractivity contribution < 1.29 is 18.3 Å². The van der Waals surface area contributed by atoms with E-state index in [2.05, 4.69) is 21.2 Å². The first-order valence-electron chi connectivity index (χ1n) is 4.60. The SMILES string of the molecule is O=C1COC(c2cc(F)c(F)cc2Br)CN1. The van der Waals surface area contributed by atoms with Crippen LogP contribution in [0.1, 0.15) is 11.7 Å². The summed E-state index contributed by atoms with van der Waals surface area (Å²) in [5.41, 5.74) is 0.485. The standard InChI is InChI=1S/C10H8BrF2NO2/c11-6-2-8(13)7(12)1-5(6)9-3-14-10(15)4-16-9/h1-2,9H,3-4H2,(H,14,15). The lowest BCUT2D eigenvalue weighted by Crippen LogP contribution is -2.38. The van der Waals surface area contributed by atoms with E-state index in [0.717, 1.165) is 12.1 Å². The molecule has 1 amide bonds. The van der Waals surface area contributed by atoms with Crippen LogP contribution >= 0.6 is 15.9 Å². The van der Waals surface area contributed by atoms with Crippen LogP contribution in [0.3, 0.4) is 0 Å². The molecular weight excluding hydrogens is 284 g/mol. The Bertz CT molecular complexity index is 429. The van der Waals surface area contributed by atoms with Crippen LogP contribution in [0.15, 0.2) is 16.6 Å². The van der Waals surface area contributed by atoms with Crippen molar-refractivity contribution in [3.05, 3.63) is 33.8 Å². The fourth-order valence-corrected chi connectivity index (χ4v) is 2.05. The minimum atomic E-state index is -0.932. The fourth-order valence-electron chi connectivity index (χ4n) is 1.48. The molecule has 0 saturated carbocycles. The third-order valence-corrected chi connectivity index (χ3v) is 2.97. The number of hydrogen-bond acceptors (Lipinski definition) is 2. The Kier molecular flexibility index (Phi) is 3.20. The van der Waals surface area contributed by atoms with Crippen LogP contribution in [-0.2, 0) is 9.53 Å². The van der Waals surface area contributed by atoms with Gasteiger partial charge >= 0.3 is 0 Å². The Labute approximate surface area is 98.9 Å². The van der Waals surface area contributed by atoms with E-state index in [1.54, 1.807) is 0 Å². The van der Waals surface area contributed by atoms with Crippen LogP contribution in [-0.4, -0.2) is 19.1 Å². The first kappa shape index (κ1) is 11.5. The molecule has 1 unspecified atom stereocenters. The first-order valence-corrected chi connectivity index (χ1v) is 5.40. The molecule has 0 radical (unpaired) electrons. The lowest BCUT2D eigenvalue weighted by atomic mass is 10.1. The number of nitrogens with one attached hydrogen (secondary N) is 1. The highest BCUT2D eigenvalue weighted by Crippen LogP contribution is 2.29. The topological polar surface area (TPSA) is 38.3 Å². The third kappa shape index (κ3) is 2.22. The molecule has 0 spiro atoms. The van der Waals surface area contributed by atoms with E-state index in [1.807, 2.05) is 0 Å². The van der Waals surface area contributed by atoms with Crippen molar-refractivity contribution in [1.82, 2.24) is 5.32 Å². The van der Waals surface area contributed by atoms with E-state index < -0.39 is 17.7 Å². The van der Waals surface area contributed by atoms with E-state index in [9.17, 15) is 13.6 Å². The second-order valence-corrected chi connectivity index (χ2v) is 4.25. The molecule has 2 rings (SSSR count). The summed E-state index contributed by atoms with van der Waals surface area (Å²) in [4.78, 5) is 10.9. The molecule has 1 N–H and O–H groups in total. The molecule has 1 aromatic carbocycles. The quantitative estimate of drug-likeness (QED) is 0.803. The molecule has 1 aliphatic rings. The average molecular weight is 292 g/mol. The van der Waals surface area contributed by atoms with Gasteiger partial charge in [-0.2, -0.15) is 0 Å². The lowest BCUT2D eigenvalue weighted by molar-refractivity contribution is -0.133. The van der Waals surface area contributed by atoms with Crippen LogP contribution in [0, 0.1) is 11.6 Å². The Morgan fingerprint density at radius 1 is 1.38 bits per heavy atom. The summed E-state index contributed by atoms with van der Waals surface area (Å²) < 4.78 is 31.6. The maximum Gasteiger partial charge on any atom is 0.246 e. The van der Waals surface area contributed by atoms with Crippen LogP contribution in [0.2, 0.25) is 0 Å². The molecule has 0 bridgehead atoms. The predicted octanol–water partition coefficient (Wildman–Crippen LogP) is 1.91. The molecule has 1 atom stereocenters. The highest BCUT2D eigenvalue weighted by Gasteiger charge is 2.23. The largest absolute Gasteiger partial charge is 0.362 e. The molecule has 1 aliphatic heterocycles. The highest BCUT2D eigenvalue weighted by molar-refractivity contribution is 9.10. The molecule has 0 aliphatic carbocycles. The minimum Gasteiger partial charge on any atom is -0.362 e. The van der Waals surface area contributed by atoms with Crippen LogP contribution < -0.4 is 5.32 Å². The third-order valence-electron chi connectivity index (χ3n) is 2.29. The first-order chi connectivity index (χ1) is 7.58. The molecule has 1 heterocycles. The summed E-state index contributed by atoms with van der Waals surface area (Å²) in [5.74, 6) is -2.07. The van der Waals surface area contributed by atoms with E-state index in [-0.39, 0.29) is 19.1 Å². The minimum absolute atomic E-state index is 0.0733. The lowest BCUT2D eigenvalue weighted by Gasteiger charge is -2.24. The summed E-state index contributed by atoms with van der Waals surface area (Å²) in [6.07, 6.45) is -0.456. The van der Waals surface area contributed by atoms with E-state index in [0.29, 0.717) is 10.0 Å². The maximum absolute atomic E-state index is 13.1. The van der Waals surface area contributed by atoms with Crippen molar-refractivity contribution in [2.75, 3.05) is 13.2 Å². The maximum atomic E-state index is 13.1. The van der Waals surface area contributed by atoms with E-state index in [4.69, 9.17) is 4.74 Å². The van der Waals surface area contributed by atoms with Crippen LogP contribution in [0.5, 0.6) is 0 Å². The molecule has 1 aromatic rings. The van der Waals surface area contributed by atoms with Crippen molar-refractivity contribution in [3.8, 4) is 0 Å².